The smallest absolute Gasteiger partial charge is 0.211 e. The van der Waals surface area contributed by atoms with Crippen LogP contribution in [-0.4, -0.2) is 75.5 Å². The van der Waals surface area contributed by atoms with Crippen molar-refractivity contribution in [2.45, 2.75) is 24.8 Å². The Hall–Kier alpha value is -3.86. The third-order valence-corrected chi connectivity index (χ3v) is 9.69. The lowest BCUT2D eigenvalue weighted by atomic mass is 9.78. The fourth-order valence-electron chi connectivity index (χ4n) is 6.11. The number of rotatable bonds is 5. The molecule has 0 atom stereocenters. The number of pyridine rings is 1. The second-order valence-electron chi connectivity index (χ2n) is 10.8. The van der Waals surface area contributed by atoms with Crippen LogP contribution in [0.1, 0.15) is 24.6 Å². The van der Waals surface area contributed by atoms with Crippen molar-refractivity contribution in [3.63, 3.8) is 0 Å². The van der Waals surface area contributed by atoms with E-state index in [0.29, 0.717) is 30.9 Å². The summed E-state index contributed by atoms with van der Waals surface area (Å²) in [5.41, 5.74) is 11.9. The lowest BCUT2D eigenvalue weighted by molar-refractivity contribution is 0.0732. The van der Waals surface area contributed by atoms with Crippen LogP contribution in [0.15, 0.2) is 73.1 Å². The van der Waals surface area contributed by atoms with Gasteiger partial charge < -0.3 is 5.73 Å². The predicted octanol–water partition coefficient (Wildman–Crippen LogP) is 4.02. The largest absolute Gasteiger partial charge is 0.382 e. The van der Waals surface area contributed by atoms with Gasteiger partial charge in [-0.1, -0.05) is 48.5 Å². The molecule has 10 heteroatoms. The predicted molar refractivity (Wildman–Crippen MR) is 157 cm³/mol. The fraction of sp³-hybridized carbons (Fsp3) is 0.300. The zero-order valence-electron chi connectivity index (χ0n) is 22.3. The molecule has 7 rings (SSSR count). The number of hydrogen-bond donors (Lipinski definition) is 1. The molecule has 2 N–H and O–H groups in total. The van der Waals surface area contributed by atoms with E-state index in [1.807, 2.05) is 24.4 Å². The number of nitrogens with zero attached hydrogens (tertiary/aromatic N) is 6. The van der Waals surface area contributed by atoms with Crippen molar-refractivity contribution in [2.75, 3.05) is 38.2 Å². The molecule has 4 heterocycles. The summed E-state index contributed by atoms with van der Waals surface area (Å²) in [7, 11) is -3.13. The van der Waals surface area contributed by atoms with E-state index in [1.54, 1.807) is 10.5 Å². The van der Waals surface area contributed by atoms with Crippen molar-refractivity contribution < 1.29 is 8.42 Å². The third kappa shape index (κ3) is 4.42. The monoisotopic (exact) mass is 553 g/mol. The summed E-state index contributed by atoms with van der Waals surface area (Å²) >= 11 is 0. The standard InChI is InChI=1S/C30H31N7O2S/c1-40(38,39)36-15-13-35(14-16-36)24-17-23(18-24)30-34-27(28-29(31)32-11-12-37(28)30)22-8-7-21-9-10-25(33-26(21)19-22)20-5-3-2-4-6-20/h2-12,19,23-24H,13-18H2,1H3,(H2,31,32). The van der Waals surface area contributed by atoms with Gasteiger partial charge in [0.15, 0.2) is 0 Å². The van der Waals surface area contributed by atoms with Crippen molar-refractivity contribution in [1.29, 1.82) is 0 Å². The van der Waals surface area contributed by atoms with E-state index in [1.165, 1.54) is 6.26 Å². The number of sulfonamides is 1. The Kier molecular flexibility index (Phi) is 6.06. The number of fused-ring (bicyclic) bond motifs is 2. The quantitative estimate of drug-likeness (QED) is 0.350. The Morgan fingerprint density at radius 3 is 2.40 bits per heavy atom. The van der Waals surface area contributed by atoms with Crippen LogP contribution in [0.25, 0.3) is 38.9 Å². The lowest BCUT2D eigenvalue weighted by Gasteiger charge is -2.45. The maximum absolute atomic E-state index is 11.9. The summed E-state index contributed by atoms with van der Waals surface area (Å²) in [5, 5.41) is 1.07. The van der Waals surface area contributed by atoms with Gasteiger partial charge in [-0.25, -0.2) is 23.4 Å². The molecule has 1 aliphatic carbocycles. The first-order valence-corrected chi connectivity index (χ1v) is 15.5. The van der Waals surface area contributed by atoms with E-state index in [0.717, 1.165) is 70.7 Å². The van der Waals surface area contributed by atoms with Gasteiger partial charge in [0.2, 0.25) is 10.0 Å². The normalized spacial score (nSPS) is 20.6. The van der Waals surface area contributed by atoms with Gasteiger partial charge >= 0.3 is 0 Å². The van der Waals surface area contributed by atoms with E-state index in [4.69, 9.17) is 15.7 Å². The third-order valence-electron chi connectivity index (χ3n) is 8.38. The van der Waals surface area contributed by atoms with Gasteiger partial charge in [0.25, 0.3) is 0 Å². The molecule has 40 heavy (non-hydrogen) atoms. The number of imidazole rings is 1. The zero-order valence-corrected chi connectivity index (χ0v) is 23.1. The average Bonchev–Trinajstić information content (AvgIpc) is 3.32. The molecule has 0 unspecified atom stereocenters. The van der Waals surface area contributed by atoms with Crippen LogP contribution in [0.4, 0.5) is 5.82 Å². The molecule has 0 bridgehead atoms. The Balaban J connectivity index is 1.18. The molecule has 2 aromatic carbocycles. The first-order chi connectivity index (χ1) is 19.3. The summed E-state index contributed by atoms with van der Waals surface area (Å²) in [6.45, 7) is 2.65. The highest BCUT2D eigenvalue weighted by atomic mass is 32.2. The Morgan fingerprint density at radius 2 is 1.65 bits per heavy atom. The molecule has 1 saturated carbocycles. The average molecular weight is 554 g/mol. The Morgan fingerprint density at radius 1 is 0.900 bits per heavy atom. The topological polar surface area (TPSA) is 110 Å². The van der Waals surface area contributed by atoms with Gasteiger partial charge in [-0.05, 0) is 25.0 Å². The highest BCUT2D eigenvalue weighted by Crippen LogP contribution is 2.42. The summed E-state index contributed by atoms with van der Waals surface area (Å²) in [6.07, 6.45) is 6.94. The van der Waals surface area contributed by atoms with Crippen LogP contribution in [-0.2, 0) is 10.0 Å². The molecule has 3 aromatic heterocycles. The maximum atomic E-state index is 11.9. The highest BCUT2D eigenvalue weighted by molar-refractivity contribution is 7.88. The van der Waals surface area contributed by atoms with Crippen LogP contribution in [0, 0.1) is 0 Å². The number of hydrogen-bond acceptors (Lipinski definition) is 7. The SMILES string of the molecule is CS(=O)(=O)N1CCN(C2CC(c3nc(-c4ccc5ccc(-c6ccccc6)nc5c4)c4c(N)nccn34)C2)CC1. The molecule has 5 aromatic rings. The number of anilines is 1. The number of nitrogen functional groups attached to an aromatic ring is 1. The summed E-state index contributed by atoms with van der Waals surface area (Å²) in [5.74, 6) is 1.75. The van der Waals surface area contributed by atoms with E-state index in [2.05, 4.69) is 56.7 Å². The number of benzene rings is 2. The lowest BCUT2D eigenvalue weighted by Crippen LogP contribution is -2.54. The van der Waals surface area contributed by atoms with E-state index in [9.17, 15) is 8.42 Å². The first kappa shape index (κ1) is 25.1. The van der Waals surface area contributed by atoms with Crippen LogP contribution >= 0.6 is 0 Å². The highest BCUT2D eigenvalue weighted by Gasteiger charge is 2.39. The molecule has 0 amide bonds. The molecule has 1 saturated heterocycles. The molecular formula is C30H31N7O2S. The van der Waals surface area contributed by atoms with E-state index < -0.39 is 10.0 Å². The summed E-state index contributed by atoms with van der Waals surface area (Å²) in [6, 6.07) is 21.0. The molecule has 2 aliphatic rings. The van der Waals surface area contributed by atoms with E-state index in [-0.39, 0.29) is 0 Å². The minimum Gasteiger partial charge on any atom is -0.382 e. The zero-order chi connectivity index (χ0) is 27.4. The second-order valence-corrected chi connectivity index (χ2v) is 12.8. The molecule has 9 nitrogen and oxygen atoms in total. The van der Waals surface area contributed by atoms with E-state index >= 15 is 0 Å². The minimum absolute atomic E-state index is 0.296. The second kappa shape index (κ2) is 9.65. The number of piperazine rings is 1. The molecule has 0 spiro atoms. The summed E-state index contributed by atoms with van der Waals surface area (Å²) < 4.78 is 27.4. The van der Waals surface area contributed by atoms with Crippen molar-refractivity contribution in [1.82, 2.24) is 28.6 Å². The van der Waals surface area contributed by atoms with Gasteiger partial charge in [0, 0.05) is 67.0 Å². The van der Waals surface area contributed by atoms with Crippen LogP contribution in [0.5, 0.6) is 0 Å². The van der Waals surface area contributed by atoms with Crippen molar-refractivity contribution in [2.24, 2.45) is 0 Å². The Bertz CT molecular complexity index is 1820. The van der Waals surface area contributed by atoms with Crippen LogP contribution < -0.4 is 5.73 Å². The van der Waals surface area contributed by atoms with Crippen molar-refractivity contribution in [3.05, 3.63) is 78.9 Å². The summed E-state index contributed by atoms with van der Waals surface area (Å²) in [4.78, 5) is 16.9. The van der Waals surface area contributed by atoms with Crippen LogP contribution in [0.3, 0.4) is 0 Å². The van der Waals surface area contributed by atoms with Gasteiger partial charge in [-0.15, -0.1) is 0 Å². The molecule has 0 radical (unpaired) electrons. The van der Waals surface area contributed by atoms with Gasteiger partial charge in [-0.2, -0.15) is 4.31 Å². The van der Waals surface area contributed by atoms with Gasteiger partial charge in [-0.3, -0.25) is 9.30 Å². The number of aromatic nitrogens is 4. The fourth-order valence-corrected chi connectivity index (χ4v) is 6.93. The maximum Gasteiger partial charge on any atom is 0.211 e. The minimum atomic E-state index is -3.13. The molecular weight excluding hydrogens is 522 g/mol. The van der Waals surface area contributed by atoms with Crippen molar-refractivity contribution in [3.8, 4) is 22.5 Å². The molecule has 2 fully saturated rings. The van der Waals surface area contributed by atoms with Crippen molar-refractivity contribution >= 4 is 32.3 Å². The van der Waals surface area contributed by atoms with Crippen LogP contribution in [0.2, 0.25) is 0 Å². The molecule has 204 valence electrons. The molecule has 1 aliphatic heterocycles. The van der Waals surface area contributed by atoms with Gasteiger partial charge in [0.1, 0.15) is 22.9 Å². The first-order valence-electron chi connectivity index (χ1n) is 13.6. The number of nitrogens with two attached hydrogens (primary N) is 1. The Labute approximate surface area is 233 Å². The van der Waals surface area contributed by atoms with Gasteiger partial charge in [0.05, 0.1) is 17.5 Å².